The molecule has 0 radical (unpaired) electrons. The largest absolute Gasteiger partial charge is 0.494 e. The van der Waals surface area contributed by atoms with Crippen molar-refractivity contribution in [3.63, 3.8) is 0 Å². The number of urea groups is 1. The van der Waals surface area contributed by atoms with E-state index in [1.54, 1.807) is 0 Å². The van der Waals surface area contributed by atoms with Crippen molar-refractivity contribution >= 4 is 11.9 Å². The second kappa shape index (κ2) is 4.68. The SMILES string of the molecule is CCOc1ccc([C@]2(C)CC(=O)NC(=O)N2)cc1. The number of nitrogens with one attached hydrogen (secondary N) is 2. The van der Waals surface area contributed by atoms with Crippen LogP contribution in [0.2, 0.25) is 0 Å². The number of imide groups is 1. The van der Waals surface area contributed by atoms with Gasteiger partial charge in [-0.05, 0) is 31.5 Å². The maximum absolute atomic E-state index is 11.4. The van der Waals surface area contributed by atoms with Crippen LogP contribution in [0.15, 0.2) is 24.3 Å². The second-order valence-corrected chi connectivity index (χ2v) is 4.47. The Balaban J connectivity index is 2.23. The minimum absolute atomic E-state index is 0.229. The normalized spacial score (nSPS) is 23.2. The van der Waals surface area contributed by atoms with Gasteiger partial charge < -0.3 is 10.1 Å². The van der Waals surface area contributed by atoms with Gasteiger partial charge in [0.15, 0.2) is 0 Å². The van der Waals surface area contributed by atoms with E-state index in [4.69, 9.17) is 4.74 Å². The number of hydrogen-bond acceptors (Lipinski definition) is 3. The molecule has 1 aromatic carbocycles. The van der Waals surface area contributed by atoms with Crippen LogP contribution < -0.4 is 15.4 Å². The first-order valence-corrected chi connectivity index (χ1v) is 5.89. The molecule has 18 heavy (non-hydrogen) atoms. The zero-order chi connectivity index (χ0) is 13.2. The van der Waals surface area contributed by atoms with Crippen LogP contribution in [0.5, 0.6) is 5.75 Å². The Morgan fingerprint density at radius 1 is 1.28 bits per heavy atom. The molecule has 1 saturated heterocycles. The summed E-state index contributed by atoms with van der Waals surface area (Å²) in [6.45, 7) is 4.36. The van der Waals surface area contributed by atoms with Gasteiger partial charge in [0, 0.05) is 0 Å². The van der Waals surface area contributed by atoms with Gasteiger partial charge in [-0.1, -0.05) is 12.1 Å². The number of carbonyl (C=O) groups is 2. The van der Waals surface area contributed by atoms with Crippen molar-refractivity contribution in [2.24, 2.45) is 0 Å². The molecule has 1 fully saturated rings. The Labute approximate surface area is 106 Å². The molecule has 1 heterocycles. The lowest BCUT2D eigenvalue weighted by molar-refractivity contribution is -0.122. The number of rotatable bonds is 3. The third-order valence-corrected chi connectivity index (χ3v) is 2.96. The smallest absolute Gasteiger partial charge is 0.322 e. The lowest BCUT2D eigenvalue weighted by Gasteiger charge is -2.34. The average molecular weight is 248 g/mol. The van der Waals surface area contributed by atoms with Gasteiger partial charge in [-0.3, -0.25) is 10.1 Å². The van der Waals surface area contributed by atoms with E-state index in [0.717, 1.165) is 11.3 Å². The molecule has 2 N–H and O–H groups in total. The predicted octanol–water partition coefficient (Wildman–Crippen LogP) is 1.53. The summed E-state index contributed by atoms with van der Waals surface area (Å²) in [5.74, 6) is 0.506. The van der Waals surface area contributed by atoms with Crippen molar-refractivity contribution in [2.75, 3.05) is 6.61 Å². The van der Waals surface area contributed by atoms with Crippen LogP contribution in [0, 0.1) is 0 Å². The molecule has 1 aliphatic rings. The monoisotopic (exact) mass is 248 g/mol. The fourth-order valence-corrected chi connectivity index (χ4v) is 2.08. The lowest BCUT2D eigenvalue weighted by atomic mass is 9.87. The van der Waals surface area contributed by atoms with Gasteiger partial charge in [0.05, 0.1) is 18.6 Å². The van der Waals surface area contributed by atoms with Crippen LogP contribution in [0.25, 0.3) is 0 Å². The summed E-state index contributed by atoms with van der Waals surface area (Å²) in [5.41, 5.74) is 0.221. The van der Waals surface area contributed by atoms with Crippen molar-refractivity contribution in [3.05, 3.63) is 29.8 Å². The topological polar surface area (TPSA) is 67.4 Å². The van der Waals surface area contributed by atoms with Crippen LogP contribution in [0.1, 0.15) is 25.8 Å². The second-order valence-electron chi connectivity index (χ2n) is 4.47. The molecule has 5 nitrogen and oxygen atoms in total. The fourth-order valence-electron chi connectivity index (χ4n) is 2.08. The van der Waals surface area contributed by atoms with Crippen molar-refractivity contribution in [1.29, 1.82) is 0 Å². The summed E-state index contributed by atoms with van der Waals surface area (Å²) in [6.07, 6.45) is 0.229. The van der Waals surface area contributed by atoms with E-state index in [9.17, 15) is 9.59 Å². The number of benzene rings is 1. The maximum Gasteiger partial charge on any atom is 0.322 e. The van der Waals surface area contributed by atoms with Gasteiger partial charge in [-0.25, -0.2) is 4.79 Å². The Morgan fingerprint density at radius 2 is 1.94 bits per heavy atom. The number of carbonyl (C=O) groups excluding carboxylic acids is 2. The van der Waals surface area contributed by atoms with Gasteiger partial charge in [0.2, 0.25) is 5.91 Å². The summed E-state index contributed by atoms with van der Waals surface area (Å²) in [6, 6.07) is 6.95. The fraction of sp³-hybridized carbons (Fsp3) is 0.385. The van der Waals surface area contributed by atoms with Crippen molar-refractivity contribution in [1.82, 2.24) is 10.6 Å². The quantitative estimate of drug-likeness (QED) is 0.852. The average Bonchev–Trinajstić information content (AvgIpc) is 2.28. The molecule has 0 saturated carbocycles. The Kier molecular flexibility index (Phi) is 3.23. The van der Waals surface area contributed by atoms with Crippen molar-refractivity contribution < 1.29 is 14.3 Å². The van der Waals surface area contributed by atoms with E-state index >= 15 is 0 Å². The Hall–Kier alpha value is -2.04. The number of hydrogen-bond donors (Lipinski definition) is 2. The summed E-state index contributed by atoms with van der Waals surface area (Å²) in [4.78, 5) is 22.8. The van der Waals surface area contributed by atoms with Gasteiger partial charge in [0.1, 0.15) is 5.75 Å². The van der Waals surface area contributed by atoms with E-state index in [2.05, 4.69) is 10.6 Å². The molecule has 2 rings (SSSR count). The molecule has 0 unspecified atom stereocenters. The molecule has 0 aliphatic carbocycles. The first-order valence-electron chi connectivity index (χ1n) is 5.89. The summed E-state index contributed by atoms with van der Waals surface area (Å²) >= 11 is 0. The van der Waals surface area contributed by atoms with Gasteiger partial charge in [0.25, 0.3) is 0 Å². The van der Waals surface area contributed by atoms with Crippen LogP contribution in [-0.2, 0) is 10.3 Å². The standard InChI is InChI=1S/C13H16N2O3/c1-3-18-10-6-4-9(5-7-10)13(2)8-11(16)14-12(17)15-13/h4-7H,3,8H2,1-2H3,(H2,14,15,16,17)/t13-/m0/s1. The van der Waals surface area contributed by atoms with Gasteiger partial charge in [-0.15, -0.1) is 0 Å². The van der Waals surface area contributed by atoms with E-state index in [1.807, 2.05) is 38.1 Å². The first-order chi connectivity index (χ1) is 8.53. The highest BCUT2D eigenvalue weighted by atomic mass is 16.5. The first kappa shape index (κ1) is 12.4. The molecule has 1 aromatic rings. The third kappa shape index (κ3) is 2.45. The predicted molar refractivity (Wildman–Crippen MR) is 66.3 cm³/mol. The zero-order valence-electron chi connectivity index (χ0n) is 10.4. The molecule has 5 heteroatoms. The van der Waals surface area contributed by atoms with E-state index in [-0.39, 0.29) is 12.3 Å². The molecule has 0 bridgehead atoms. The van der Waals surface area contributed by atoms with Gasteiger partial charge in [-0.2, -0.15) is 0 Å². The van der Waals surface area contributed by atoms with E-state index in [0.29, 0.717) is 6.61 Å². The highest BCUT2D eigenvalue weighted by Crippen LogP contribution is 2.28. The van der Waals surface area contributed by atoms with Crippen molar-refractivity contribution in [2.45, 2.75) is 25.8 Å². The molecule has 96 valence electrons. The molecule has 0 spiro atoms. The molecule has 0 aromatic heterocycles. The number of ether oxygens (including phenoxy) is 1. The number of amides is 3. The highest BCUT2D eigenvalue weighted by molar-refractivity contribution is 5.98. The molecular formula is C13H16N2O3. The van der Waals surface area contributed by atoms with Crippen LogP contribution in [0.4, 0.5) is 4.79 Å². The minimum Gasteiger partial charge on any atom is -0.494 e. The molecule has 1 aliphatic heterocycles. The van der Waals surface area contributed by atoms with Gasteiger partial charge >= 0.3 is 6.03 Å². The summed E-state index contributed by atoms with van der Waals surface area (Å²) in [7, 11) is 0. The molecular weight excluding hydrogens is 232 g/mol. The molecule has 3 amide bonds. The third-order valence-electron chi connectivity index (χ3n) is 2.96. The lowest BCUT2D eigenvalue weighted by Crippen LogP contribution is -2.57. The highest BCUT2D eigenvalue weighted by Gasteiger charge is 2.36. The van der Waals surface area contributed by atoms with Crippen LogP contribution >= 0.6 is 0 Å². The van der Waals surface area contributed by atoms with Crippen molar-refractivity contribution in [3.8, 4) is 5.75 Å². The van der Waals surface area contributed by atoms with E-state index in [1.165, 1.54) is 0 Å². The molecule has 1 atom stereocenters. The summed E-state index contributed by atoms with van der Waals surface area (Å²) < 4.78 is 5.36. The minimum atomic E-state index is -0.663. The van der Waals surface area contributed by atoms with Crippen LogP contribution in [0.3, 0.4) is 0 Å². The maximum atomic E-state index is 11.4. The van der Waals surface area contributed by atoms with E-state index < -0.39 is 11.6 Å². The summed E-state index contributed by atoms with van der Waals surface area (Å²) in [5, 5.41) is 5.00. The zero-order valence-corrected chi connectivity index (χ0v) is 10.4. The van der Waals surface area contributed by atoms with Crippen LogP contribution in [-0.4, -0.2) is 18.5 Å². The Bertz CT molecular complexity index is 452. The Morgan fingerprint density at radius 3 is 2.50 bits per heavy atom.